The van der Waals surface area contributed by atoms with Gasteiger partial charge in [-0.3, -0.25) is 0 Å². The molecule has 1 atom stereocenters. The molecule has 4 nitrogen and oxygen atoms in total. The van der Waals surface area contributed by atoms with Gasteiger partial charge in [0.25, 0.3) is 0 Å². The molecule has 0 amide bonds. The summed E-state index contributed by atoms with van der Waals surface area (Å²) < 4.78 is 38.0. The van der Waals surface area contributed by atoms with Gasteiger partial charge in [0.05, 0.1) is 17.3 Å². The van der Waals surface area contributed by atoms with Crippen molar-refractivity contribution in [3.63, 3.8) is 0 Å². The van der Waals surface area contributed by atoms with Crippen molar-refractivity contribution < 1.29 is 23.2 Å². The van der Waals surface area contributed by atoms with Crippen LogP contribution in [0.4, 0.5) is 4.39 Å². The Hall–Kier alpha value is -1.11. The van der Waals surface area contributed by atoms with E-state index in [0.29, 0.717) is 5.46 Å². The maximum Gasteiger partial charge on any atom is 0.494 e. The Labute approximate surface area is 156 Å². The Morgan fingerprint density at radius 2 is 1.69 bits per heavy atom. The summed E-state index contributed by atoms with van der Waals surface area (Å²) in [5.74, 6) is -0.245. The largest absolute Gasteiger partial charge is 0.494 e. The molecule has 2 aliphatic rings. The van der Waals surface area contributed by atoms with E-state index in [1.54, 1.807) is 12.1 Å². The third kappa shape index (κ3) is 4.24. The third-order valence-electron chi connectivity index (χ3n) is 5.71. The fraction of sp³-hybridized carbons (Fsp3) is 0.700. The summed E-state index contributed by atoms with van der Waals surface area (Å²) in [6, 6.07) is 4.83. The van der Waals surface area contributed by atoms with Gasteiger partial charge in [0.15, 0.2) is 17.9 Å². The van der Waals surface area contributed by atoms with Crippen molar-refractivity contribution in [3.8, 4) is 5.75 Å². The number of ether oxygens (including phenoxy) is 2. The second-order valence-corrected chi connectivity index (χ2v) is 8.36. The maximum atomic E-state index is 14.5. The van der Waals surface area contributed by atoms with E-state index in [-0.39, 0.29) is 11.9 Å². The van der Waals surface area contributed by atoms with Crippen LogP contribution in [0.1, 0.15) is 66.7 Å². The van der Waals surface area contributed by atoms with Crippen LogP contribution in [0.2, 0.25) is 0 Å². The smallest absolute Gasteiger partial charge is 0.462 e. The minimum Gasteiger partial charge on any atom is -0.462 e. The van der Waals surface area contributed by atoms with E-state index in [2.05, 4.69) is 0 Å². The molecular weight excluding hydrogens is 334 g/mol. The van der Waals surface area contributed by atoms with Crippen LogP contribution >= 0.6 is 0 Å². The van der Waals surface area contributed by atoms with Gasteiger partial charge < -0.3 is 18.8 Å². The van der Waals surface area contributed by atoms with Crippen LogP contribution in [0.3, 0.4) is 0 Å². The highest BCUT2D eigenvalue weighted by Gasteiger charge is 2.51. The molecular formula is C20H30BFO4. The topological polar surface area (TPSA) is 36.9 Å². The average Bonchev–Trinajstić information content (AvgIpc) is 2.78. The highest BCUT2D eigenvalue weighted by Crippen LogP contribution is 2.36. The van der Waals surface area contributed by atoms with E-state index in [9.17, 15) is 4.39 Å². The predicted molar refractivity (Wildman–Crippen MR) is 100 cm³/mol. The molecule has 1 aliphatic heterocycles. The number of hydrogen-bond donors (Lipinski definition) is 0. The third-order valence-corrected chi connectivity index (χ3v) is 5.71. The highest BCUT2D eigenvalue weighted by molar-refractivity contribution is 6.62. The Balaban J connectivity index is 1.62. The lowest BCUT2D eigenvalue weighted by molar-refractivity contribution is -0.118. The zero-order valence-corrected chi connectivity index (χ0v) is 16.5. The van der Waals surface area contributed by atoms with Crippen molar-refractivity contribution in [2.24, 2.45) is 0 Å². The van der Waals surface area contributed by atoms with Gasteiger partial charge in [0.1, 0.15) is 0 Å². The van der Waals surface area contributed by atoms with Gasteiger partial charge in [0.2, 0.25) is 0 Å². The first-order valence-corrected chi connectivity index (χ1v) is 9.65. The summed E-state index contributed by atoms with van der Waals surface area (Å²) in [6.45, 7) is 9.72. The first-order valence-electron chi connectivity index (χ1n) is 9.65. The first-order chi connectivity index (χ1) is 12.2. The molecule has 1 saturated carbocycles. The van der Waals surface area contributed by atoms with Crippen molar-refractivity contribution in [1.82, 2.24) is 0 Å². The van der Waals surface area contributed by atoms with Crippen LogP contribution in [0.25, 0.3) is 0 Å². The summed E-state index contributed by atoms with van der Waals surface area (Å²) in [4.78, 5) is 0. The highest BCUT2D eigenvalue weighted by atomic mass is 19.1. The molecule has 0 bridgehead atoms. The Kier molecular flexibility index (Phi) is 5.66. The van der Waals surface area contributed by atoms with Crippen molar-refractivity contribution in [2.75, 3.05) is 0 Å². The fourth-order valence-corrected chi connectivity index (χ4v) is 3.42. The predicted octanol–water partition coefficient (Wildman–Crippen LogP) is 4.20. The molecule has 0 aromatic heterocycles. The second-order valence-electron chi connectivity index (χ2n) is 8.36. The molecule has 1 aromatic rings. The zero-order chi connectivity index (χ0) is 18.9. The number of benzene rings is 1. The van der Waals surface area contributed by atoms with Crippen molar-refractivity contribution in [2.45, 2.75) is 90.3 Å². The summed E-state index contributed by atoms with van der Waals surface area (Å²) >= 11 is 0. The van der Waals surface area contributed by atoms with Crippen LogP contribution in [-0.4, -0.2) is 30.7 Å². The molecule has 0 radical (unpaired) electrons. The van der Waals surface area contributed by atoms with Crippen LogP contribution < -0.4 is 10.2 Å². The number of halogens is 1. The zero-order valence-electron chi connectivity index (χ0n) is 16.5. The monoisotopic (exact) mass is 364 g/mol. The minimum atomic E-state index is -0.584. The molecule has 26 heavy (non-hydrogen) atoms. The Morgan fingerprint density at radius 1 is 1.08 bits per heavy atom. The van der Waals surface area contributed by atoms with Gasteiger partial charge >= 0.3 is 7.12 Å². The van der Waals surface area contributed by atoms with Gasteiger partial charge in [-0.1, -0.05) is 25.3 Å². The quantitative estimate of drug-likeness (QED) is 0.580. The van der Waals surface area contributed by atoms with E-state index >= 15 is 0 Å². The molecule has 1 unspecified atom stereocenters. The lowest BCUT2D eigenvalue weighted by atomic mass is 9.79. The van der Waals surface area contributed by atoms with E-state index in [4.69, 9.17) is 18.8 Å². The van der Waals surface area contributed by atoms with Crippen molar-refractivity contribution in [3.05, 3.63) is 24.0 Å². The summed E-state index contributed by atoms with van der Waals surface area (Å²) in [6.07, 6.45) is 5.49. The molecule has 1 aliphatic carbocycles. The Bertz CT molecular complexity index is 612. The molecule has 1 heterocycles. The van der Waals surface area contributed by atoms with Crippen molar-refractivity contribution in [1.29, 1.82) is 0 Å². The van der Waals surface area contributed by atoms with Gasteiger partial charge in [-0.05, 0) is 65.1 Å². The Morgan fingerprint density at radius 3 is 2.27 bits per heavy atom. The normalized spacial score (nSPS) is 23.8. The lowest BCUT2D eigenvalue weighted by Gasteiger charge is -2.32. The summed E-state index contributed by atoms with van der Waals surface area (Å²) in [5.41, 5.74) is -0.258. The number of hydrogen-bond acceptors (Lipinski definition) is 4. The van der Waals surface area contributed by atoms with E-state index < -0.39 is 30.4 Å². The second kappa shape index (κ2) is 7.49. The molecule has 0 N–H and O–H groups in total. The SMILES string of the molecule is CC(Oc1ccc(B2OC(C)(C)C(C)(C)O2)cc1F)OC1CCCCC1. The van der Waals surface area contributed by atoms with Crippen LogP contribution in [0.5, 0.6) is 5.75 Å². The van der Waals surface area contributed by atoms with E-state index in [1.807, 2.05) is 34.6 Å². The minimum absolute atomic E-state index is 0.188. The van der Waals surface area contributed by atoms with Gasteiger partial charge in [-0.2, -0.15) is 0 Å². The lowest BCUT2D eigenvalue weighted by Crippen LogP contribution is -2.41. The molecule has 2 fully saturated rings. The molecule has 1 saturated heterocycles. The molecule has 6 heteroatoms. The van der Waals surface area contributed by atoms with E-state index in [1.165, 1.54) is 25.3 Å². The average molecular weight is 364 g/mol. The summed E-state index contributed by atoms with van der Waals surface area (Å²) in [5, 5.41) is 0. The van der Waals surface area contributed by atoms with E-state index in [0.717, 1.165) is 12.8 Å². The van der Waals surface area contributed by atoms with Crippen LogP contribution in [0, 0.1) is 5.82 Å². The van der Waals surface area contributed by atoms with Gasteiger partial charge in [-0.15, -0.1) is 0 Å². The maximum absolute atomic E-state index is 14.5. The van der Waals surface area contributed by atoms with Crippen molar-refractivity contribution >= 4 is 12.6 Å². The molecule has 144 valence electrons. The molecule has 1 aromatic carbocycles. The van der Waals surface area contributed by atoms with Gasteiger partial charge in [-0.25, -0.2) is 4.39 Å². The van der Waals surface area contributed by atoms with Crippen LogP contribution in [0.15, 0.2) is 18.2 Å². The van der Waals surface area contributed by atoms with Crippen LogP contribution in [-0.2, 0) is 14.0 Å². The molecule has 3 rings (SSSR count). The first kappa shape index (κ1) is 19.7. The number of rotatable bonds is 5. The molecule has 0 spiro atoms. The van der Waals surface area contributed by atoms with Gasteiger partial charge in [0, 0.05) is 0 Å². The fourth-order valence-electron chi connectivity index (χ4n) is 3.42. The summed E-state index contributed by atoms with van der Waals surface area (Å²) in [7, 11) is -0.584. The standard InChI is InChI=1S/C20H30BFO4/c1-14(23-16-9-7-6-8-10-16)24-18-12-11-15(13-17(18)22)21-25-19(2,3)20(4,5)26-21/h11-14,16H,6-10H2,1-5H3.